The van der Waals surface area contributed by atoms with Gasteiger partial charge in [-0.25, -0.2) is 4.79 Å². The van der Waals surface area contributed by atoms with Crippen LogP contribution in [-0.4, -0.2) is 25.6 Å². The molecule has 0 heterocycles. The van der Waals surface area contributed by atoms with Crippen LogP contribution in [0.1, 0.15) is 26.3 Å². The highest BCUT2D eigenvalue weighted by atomic mass is 79.9. The second kappa shape index (κ2) is 8.17. The minimum Gasteiger partial charge on any atom is -0.493 e. The first kappa shape index (κ1) is 17.6. The molecule has 0 aliphatic heterocycles. The lowest BCUT2D eigenvalue weighted by atomic mass is 10.1. The van der Waals surface area contributed by atoms with Gasteiger partial charge in [-0.3, -0.25) is 4.79 Å². The monoisotopic (exact) mass is 394 g/mol. The number of ether oxygens (including phenoxy) is 2. The topological polar surface area (TPSA) is 52.6 Å². The van der Waals surface area contributed by atoms with E-state index in [9.17, 15) is 9.59 Å². The minimum absolute atomic E-state index is 0.348. The Hall–Kier alpha value is -1.79. The Bertz CT molecular complexity index is 713. The summed E-state index contributed by atoms with van der Waals surface area (Å²) in [6.07, 6.45) is 2.67. The summed E-state index contributed by atoms with van der Waals surface area (Å²) >= 11 is 4.89. The Morgan fingerprint density at radius 1 is 1.26 bits per heavy atom. The van der Waals surface area contributed by atoms with Gasteiger partial charge in [0.1, 0.15) is 6.29 Å². The molecule has 0 spiro atoms. The Morgan fingerprint density at radius 2 is 1.96 bits per heavy atom. The van der Waals surface area contributed by atoms with Crippen LogP contribution in [0.4, 0.5) is 0 Å². The van der Waals surface area contributed by atoms with Crippen molar-refractivity contribution < 1.29 is 19.1 Å². The van der Waals surface area contributed by atoms with Crippen molar-refractivity contribution in [2.45, 2.75) is 5.75 Å². The molecule has 0 unspecified atom stereocenters. The number of carbonyl (C=O) groups is 2. The molecule has 23 heavy (non-hydrogen) atoms. The molecule has 0 bridgehead atoms. The summed E-state index contributed by atoms with van der Waals surface area (Å²) in [5, 5.41) is 0. The number of esters is 1. The highest BCUT2D eigenvalue weighted by molar-refractivity contribution is 9.10. The van der Waals surface area contributed by atoms with Crippen LogP contribution in [0, 0.1) is 0 Å². The van der Waals surface area contributed by atoms with Gasteiger partial charge in [0.25, 0.3) is 0 Å². The summed E-state index contributed by atoms with van der Waals surface area (Å²) in [6.45, 7) is 0. The van der Waals surface area contributed by atoms with E-state index in [0.717, 1.165) is 16.3 Å². The van der Waals surface area contributed by atoms with Gasteiger partial charge in [0, 0.05) is 21.4 Å². The van der Waals surface area contributed by atoms with Crippen molar-refractivity contribution in [1.82, 2.24) is 0 Å². The molecule has 0 N–H and O–H groups in total. The van der Waals surface area contributed by atoms with E-state index in [4.69, 9.17) is 9.47 Å². The van der Waals surface area contributed by atoms with Gasteiger partial charge >= 0.3 is 5.97 Å². The molecule has 2 rings (SSSR count). The van der Waals surface area contributed by atoms with Crippen LogP contribution in [0.5, 0.6) is 11.5 Å². The number of hydrogen-bond acceptors (Lipinski definition) is 5. The lowest BCUT2D eigenvalue weighted by Crippen LogP contribution is -2.11. The molecule has 0 aromatic heterocycles. The average Bonchev–Trinajstić information content (AvgIpc) is 2.56. The van der Waals surface area contributed by atoms with Gasteiger partial charge in [0.15, 0.2) is 11.5 Å². The molecule has 2 aromatic rings. The second-order valence-corrected chi connectivity index (χ2v) is 6.44. The molecule has 0 atom stereocenters. The van der Waals surface area contributed by atoms with Crippen LogP contribution in [0.15, 0.2) is 40.9 Å². The second-order valence-electron chi connectivity index (χ2n) is 4.66. The van der Waals surface area contributed by atoms with E-state index in [1.165, 1.54) is 7.11 Å². The van der Waals surface area contributed by atoms with Gasteiger partial charge in [-0.15, -0.1) is 0 Å². The molecule has 120 valence electrons. The molecular weight excluding hydrogens is 380 g/mol. The minimum atomic E-state index is -0.475. The molecular formula is C17H15BrO4S. The fraction of sp³-hybridized carbons (Fsp3) is 0.176. The summed E-state index contributed by atoms with van der Waals surface area (Å²) in [5.74, 6) is 0.836. The fourth-order valence-electron chi connectivity index (χ4n) is 2.02. The van der Waals surface area contributed by atoms with Crippen LogP contribution in [0.3, 0.4) is 0 Å². The van der Waals surface area contributed by atoms with Crippen molar-refractivity contribution in [2.75, 3.05) is 13.4 Å². The zero-order valence-corrected chi connectivity index (χ0v) is 15.1. The zero-order valence-electron chi connectivity index (χ0n) is 12.7. The van der Waals surface area contributed by atoms with Gasteiger partial charge < -0.3 is 9.47 Å². The van der Waals surface area contributed by atoms with Gasteiger partial charge in [-0.05, 0) is 42.7 Å². The van der Waals surface area contributed by atoms with E-state index in [1.54, 1.807) is 48.2 Å². The molecule has 0 saturated carbocycles. The van der Waals surface area contributed by atoms with Crippen molar-refractivity contribution >= 4 is 39.9 Å². The maximum Gasteiger partial charge on any atom is 0.343 e. The molecule has 4 nitrogen and oxygen atoms in total. The normalized spacial score (nSPS) is 10.2. The maximum absolute atomic E-state index is 12.3. The third-order valence-electron chi connectivity index (χ3n) is 3.08. The summed E-state index contributed by atoms with van der Waals surface area (Å²) in [5.41, 5.74) is 1.66. The largest absolute Gasteiger partial charge is 0.493 e. The quantitative estimate of drug-likeness (QED) is 0.414. The molecule has 2 aromatic carbocycles. The van der Waals surface area contributed by atoms with Crippen molar-refractivity contribution in [3.05, 3.63) is 57.6 Å². The summed E-state index contributed by atoms with van der Waals surface area (Å²) < 4.78 is 11.7. The number of benzene rings is 2. The van der Waals surface area contributed by atoms with Crippen LogP contribution < -0.4 is 9.47 Å². The summed E-state index contributed by atoms with van der Waals surface area (Å²) in [7, 11) is 1.48. The number of halogens is 1. The van der Waals surface area contributed by atoms with Crippen LogP contribution >= 0.6 is 27.7 Å². The van der Waals surface area contributed by atoms with E-state index in [-0.39, 0.29) is 0 Å². The van der Waals surface area contributed by atoms with Crippen LogP contribution in [-0.2, 0) is 5.75 Å². The van der Waals surface area contributed by atoms with Crippen molar-refractivity contribution in [1.29, 1.82) is 0 Å². The van der Waals surface area contributed by atoms with Crippen molar-refractivity contribution in [3.63, 3.8) is 0 Å². The van der Waals surface area contributed by atoms with Gasteiger partial charge in [0.2, 0.25) is 0 Å². The highest BCUT2D eigenvalue weighted by Crippen LogP contribution is 2.35. The van der Waals surface area contributed by atoms with Crippen LogP contribution in [0.2, 0.25) is 0 Å². The molecule has 0 saturated heterocycles. The Balaban J connectivity index is 2.38. The molecule has 0 fully saturated rings. The van der Waals surface area contributed by atoms with E-state index < -0.39 is 5.97 Å². The third kappa shape index (κ3) is 4.36. The predicted octanol–water partition coefficient (Wildman–Crippen LogP) is 4.35. The highest BCUT2D eigenvalue weighted by Gasteiger charge is 2.17. The third-order valence-corrected chi connectivity index (χ3v) is 4.21. The number of thioether (sulfide) groups is 1. The van der Waals surface area contributed by atoms with Crippen molar-refractivity contribution in [3.8, 4) is 11.5 Å². The molecule has 0 amide bonds. The number of rotatable bonds is 6. The first-order valence-electron chi connectivity index (χ1n) is 6.71. The fourth-order valence-corrected chi connectivity index (χ4v) is 2.81. The smallest absolute Gasteiger partial charge is 0.343 e. The Morgan fingerprint density at radius 3 is 2.52 bits per heavy atom. The summed E-state index contributed by atoms with van der Waals surface area (Å²) in [4.78, 5) is 23.4. The molecule has 0 radical (unpaired) electrons. The van der Waals surface area contributed by atoms with Crippen molar-refractivity contribution in [2.24, 2.45) is 0 Å². The average molecular weight is 395 g/mol. The Kier molecular flexibility index (Phi) is 6.24. The van der Waals surface area contributed by atoms with E-state index >= 15 is 0 Å². The van der Waals surface area contributed by atoms with Gasteiger partial charge in [0.05, 0.1) is 12.7 Å². The number of hydrogen-bond donors (Lipinski definition) is 0. The Labute approximate surface area is 147 Å². The van der Waals surface area contributed by atoms with E-state index in [2.05, 4.69) is 15.9 Å². The maximum atomic E-state index is 12.3. The first-order valence-corrected chi connectivity index (χ1v) is 8.90. The molecule has 0 aliphatic carbocycles. The lowest BCUT2D eigenvalue weighted by molar-refractivity contribution is 0.0728. The van der Waals surface area contributed by atoms with Crippen LogP contribution in [0.25, 0.3) is 0 Å². The standard InChI is InChI=1S/C17H15BrO4S/c1-21-15-8-11(9-19)7-13(10-23-2)16(15)22-17(20)12-3-5-14(18)6-4-12/h3-9H,10H2,1-2H3. The van der Waals surface area contributed by atoms with E-state index in [1.807, 2.05) is 6.26 Å². The van der Waals surface area contributed by atoms with Gasteiger partial charge in [-0.1, -0.05) is 15.9 Å². The predicted molar refractivity (Wildman–Crippen MR) is 94.7 cm³/mol. The van der Waals surface area contributed by atoms with Gasteiger partial charge in [-0.2, -0.15) is 11.8 Å². The molecule has 0 aliphatic rings. The summed E-state index contributed by atoms with van der Waals surface area (Å²) in [6, 6.07) is 10.1. The first-order chi connectivity index (χ1) is 11.1. The zero-order chi connectivity index (χ0) is 16.8. The number of methoxy groups -OCH3 is 1. The van der Waals surface area contributed by atoms with E-state index in [0.29, 0.717) is 28.4 Å². The lowest BCUT2D eigenvalue weighted by Gasteiger charge is -2.14. The number of aldehydes is 1. The molecule has 6 heteroatoms. The SMILES string of the molecule is COc1cc(C=O)cc(CSC)c1OC(=O)c1ccc(Br)cc1. The number of carbonyl (C=O) groups excluding carboxylic acids is 2.